The van der Waals surface area contributed by atoms with E-state index in [0.717, 1.165) is 22.6 Å². The Bertz CT molecular complexity index is 1360. The molecule has 4 aromatic rings. The van der Waals surface area contributed by atoms with Gasteiger partial charge in [0.1, 0.15) is 9.88 Å². The van der Waals surface area contributed by atoms with Gasteiger partial charge in [0.05, 0.1) is 28.3 Å². The molecule has 0 unspecified atom stereocenters. The monoisotopic (exact) mass is 446 g/mol. The first-order chi connectivity index (χ1) is 15.3. The standard InChI is InChI=1S/C23H22N6O2S/c1-13-14(2)28-29(4)23(31)19(13)22-25-15(3)20(32-22)21(30)27-18-8-6-5-7-17(18)26-16-9-11-24-12-10-16/h5-12H,1-4H3,(H,24,26)(H,27,30). The molecule has 1 aromatic carbocycles. The Kier molecular flexibility index (Phi) is 5.83. The average molecular weight is 447 g/mol. The number of hydrogen-bond acceptors (Lipinski definition) is 7. The van der Waals surface area contributed by atoms with Crippen molar-refractivity contribution in [3.63, 3.8) is 0 Å². The topological polar surface area (TPSA) is 102 Å². The second-order valence-corrected chi connectivity index (χ2v) is 8.31. The third kappa shape index (κ3) is 4.15. The van der Waals surface area contributed by atoms with Crippen molar-refractivity contribution in [2.45, 2.75) is 20.8 Å². The molecule has 32 heavy (non-hydrogen) atoms. The van der Waals surface area contributed by atoms with E-state index in [4.69, 9.17) is 0 Å². The Morgan fingerprint density at radius 2 is 1.69 bits per heavy atom. The van der Waals surface area contributed by atoms with E-state index in [1.54, 1.807) is 26.4 Å². The molecule has 0 aliphatic rings. The molecule has 3 heterocycles. The molecule has 162 valence electrons. The highest BCUT2D eigenvalue weighted by molar-refractivity contribution is 7.17. The van der Waals surface area contributed by atoms with Gasteiger partial charge < -0.3 is 10.6 Å². The maximum atomic E-state index is 13.1. The number of benzene rings is 1. The SMILES string of the molecule is Cc1nc(-c2c(C)c(C)nn(C)c2=O)sc1C(=O)Nc1ccccc1Nc1ccncc1. The van der Waals surface area contributed by atoms with Crippen LogP contribution >= 0.6 is 11.3 Å². The van der Waals surface area contributed by atoms with Crippen molar-refractivity contribution in [3.8, 4) is 10.6 Å². The summed E-state index contributed by atoms with van der Waals surface area (Å²) in [5.74, 6) is -0.282. The number of nitrogens with one attached hydrogen (secondary N) is 2. The molecule has 8 nitrogen and oxygen atoms in total. The van der Waals surface area contributed by atoms with Crippen LogP contribution in [0.5, 0.6) is 0 Å². The zero-order chi connectivity index (χ0) is 22.8. The van der Waals surface area contributed by atoms with Gasteiger partial charge in [-0.25, -0.2) is 9.67 Å². The zero-order valence-electron chi connectivity index (χ0n) is 18.1. The smallest absolute Gasteiger partial charge is 0.277 e. The van der Waals surface area contributed by atoms with Gasteiger partial charge in [-0.3, -0.25) is 14.6 Å². The summed E-state index contributed by atoms with van der Waals surface area (Å²) in [5, 5.41) is 11.0. The van der Waals surface area contributed by atoms with E-state index in [0.29, 0.717) is 26.8 Å². The third-order valence-corrected chi connectivity index (χ3v) is 6.25. The molecule has 0 bridgehead atoms. The molecular weight excluding hydrogens is 424 g/mol. The van der Waals surface area contributed by atoms with Gasteiger partial charge in [0.25, 0.3) is 11.5 Å². The van der Waals surface area contributed by atoms with Gasteiger partial charge in [-0.1, -0.05) is 12.1 Å². The number of rotatable bonds is 5. The molecule has 0 saturated carbocycles. The molecule has 4 rings (SSSR count). The lowest BCUT2D eigenvalue weighted by Crippen LogP contribution is -2.23. The Labute approximate surface area is 189 Å². The number of aromatic nitrogens is 4. The van der Waals surface area contributed by atoms with Crippen LogP contribution in [-0.2, 0) is 7.05 Å². The summed E-state index contributed by atoms with van der Waals surface area (Å²) in [4.78, 5) is 34.8. The summed E-state index contributed by atoms with van der Waals surface area (Å²) < 4.78 is 1.30. The highest BCUT2D eigenvalue weighted by Gasteiger charge is 2.21. The van der Waals surface area contributed by atoms with Gasteiger partial charge in [0, 0.05) is 25.1 Å². The number of hydrogen-bond donors (Lipinski definition) is 2. The Balaban J connectivity index is 1.65. The Morgan fingerprint density at radius 1 is 1.00 bits per heavy atom. The fourth-order valence-electron chi connectivity index (χ4n) is 3.29. The van der Waals surface area contributed by atoms with Crippen LogP contribution in [0.3, 0.4) is 0 Å². The lowest BCUT2D eigenvalue weighted by molar-refractivity contribution is 0.103. The van der Waals surface area contributed by atoms with Crippen LogP contribution in [-0.4, -0.2) is 25.7 Å². The van der Waals surface area contributed by atoms with Crippen molar-refractivity contribution >= 4 is 34.3 Å². The predicted octanol–water partition coefficient (Wildman–Crippen LogP) is 4.22. The first kappa shape index (κ1) is 21.4. The van der Waals surface area contributed by atoms with Crippen molar-refractivity contribution in [2.24, 2.45) is 7.05 Å². The molecule has 0 fully saturated rings. The van der Waals surface area contributed by atoms with E-state index < -0.39 is 0 Å². The van der Waals surface area contributed by atoms with Crippen LogP contribution in [0.2, 0.25) is 0 Å². The number of carbonyl (C=O) groups is 1. The molecule has 0 aliphatic carbocycles. The van der Waals surface area contributed by atoms with Gasteiger partial charge >= 0.3 is 0 Å². The van der Waals surface area contributed by atoms with Crippen molar-refractivity contribution in [1.29, 1.82) is 0 Å². The molecule has 0 saturated heterocycles. The average Bonchev–Trinajstić information content (AvgIpc) is 3.16. The maximum absolute atomic E-state index is 13.1. The number of amides is 1. The first-order valence-electron chi connectivity index (χ1n) is 9.95. The largest absolute Gasteiger partial charge is 0.354 e. The molecule has 0 aliphatic heterocycles. The van der Waals surface area contributed by atoms with Crippen LogP contribution in [0.15, 0.2) is 53.6 Å². The molecule has 3 aromatic heterocycles. The van der Waals surface area contributed by atoms with Crippen LogP contribution < -0.4 is 16.2 Å². The first-order valence-corrected chi connectivity index (χ1v) is 10.8. The van der Waals surface area contributed by atoms with E-state index >= 15 is 0 Å². The van der Waals surface area contributed by atoms with Crippen molar-refractivity contribution in [2.75, 3.05) is 10.6 Å². The van der Waals surface area contributed by atoms with E-state index in [-0.39, 0.29) is 11.5 Å². The van der Waals surface area contributed by atoms with Gasteiger partial charge in [0.2, 0.25) is 0 Å². The lowest BCUT2D eigenvalue weighted by atomic mass is 10.1. The normalized spacial score (nSPS) is 10.8. The minimum absolute atomic E-state index is 0.235. The molecule has 0 spiro atoms. The van der Waals surface area contributed by atoms with Crippen LogP contribution in [0, 0.1) is 20.8 Å². The van der Waals surface area contributed by atoms with Gasteiger partial charge in [-0.2, -0.15) is 5.10 Å². The van der Waals surface area contributed by atoms with Crippen molar-refractivity contribution in [3.05, 3.63) is 81.0 Å². The predicted molar refractivity (Wildman–Crippen MR) is 127 cm³/mol. The van der Waals surface area contributed by atoms with E-state index in [2.05, 4.69) is 25.7 Å². The number of anilines is 3. The van der Waals surface area contributed by atoms with Gasteiger partial charge in [-0.05, 0) is 50.6 Å². The van der Waals surface area contributed by atoms with Gasteiger partial charge in [-0.15, -0.1) is 11.3 Å². The minimum Gasteiger partial charge on any atom is -0.354 e. The number of aryl methyl sites for hydroxylation is 3. The zero-order valence-corrected chi connectivity index (χ0v) is 18.9. The third-order valence-electron chi connectivity index (χ3n) is 5.08. The number of pyridine rings is 1. The number of para-hydroxylation sites is 2. The summed E-state index contributed by atoms with van der Waals surface area (Å²) in [6.45, 7) is 5.46. The number of nitrogens with zero attached hydrogens (tertiary/aromatic N) is 4. The van der Waals surface area contributed by atoms with Crippen LogP contribution in [0.4, 0.5) is 17.1 Å². The maximum Gasteiger partial charge on any atom is 0.277 e. The molecule has 2 N–H and O–H groups in total. The van der Waals surface area contributed by atoms with E-state index in [1.807, 2.05) is 50.2 Å². The second-order valence-electron chi connectivity index (χ2n) is 7.31. The molecule has 1 amide bonds. The lowest BCUT2D eigenvalue weighted by Gasteiger charge is -2.12. The fourth-order valence-corrected chi connectivity index (χ4v) is 4.34. The second kappa shape index (κ2) is 8.72. The summed E-state index contributed by atoms with van der Waals surface area (Å²) in [6.07, 6.45) is 3.39. The fraction of sp³-hybridized carbons (Fsp3) is 0.174. The van der Waals surface area contributed by atoms with Crippen molar-refractivity contribution < 1.29 is 4.79 Å². The molecular formula is C23H22N6O2S. The highest BCUT2D eigenvalue weighted by atomic mass is 32.1. The van der Waals surface area contributed by atoms with Crippen LogP contribution in [0.1, 0.15) is 26.6 Å². The van der Waals surface area contributed by atoms with Gasteiger partial charge in [0.15, 0.2) is 0 Å². The summed E-state index contributed by atoms with van der Waals surface area (Å²) in [5.41, 5.74) is 4.57. The van der Waals surface area contributed by atoms with E-state index in [1.165, 1.54) is 16.0 Å². The summed E-state index contributed by atoms with van der Waals surface area (Å²) in [7, 11) is 1.61. The Morgan fingerprint density at radius 3 is 2.41 bits per heavy atom. The summed E-state index contributed by atoms with van der Waals surface area (Å²) in [6, 6.07) is 11.1. The van der Waals surface area contributed by atoms with E-state index in [9.17, 15) is 9.59 Å². The Hall–Kier alpha value is -3.85. The highest BCUT2D eigenvalue weighted by Crippen LogP contribution is 2.31. The quantitative estimate of drug-likeness (QED) is 0.476. The molecule has 0 radical (unpaired) electrons. The number of carbonyl (C=O) groups excluding carboxylic acids is 1. The van der Waals surface area contributed by atoms with Crippen LogP contribution in [0.25, 0.3) is 10.6 Å². The molecule has 9 heteroatoms. The van der Waals surface area contributed by atoms with Crippen molar-refractivity contribution in [1.82, 2.24) is 19.7 Å². The summed E-state index contributed by atoms with van der Waals surface area (Å²) >= 11 is 1.20. The molecule has 0 atom stereocenters. The minimum atomic E-state index is -0.282. The number of thiazole rings is 1.